The molecule has 0 N–H and O–H groups in total. The van der Waals surface area contributed by atoms with E-state index < -0.39 is 0 Å². The molecule has 1 aliphatic rings. The van der Waals surface area contributed by atoms with Crippen molar-refractivity contribution in [3.63, 3.8) is 0 Å². The van der Waals surface area contributed by atoms with Crippen LogP contribution in [0.2, 0.25) is 0 Å². The predicted molar refractivity (Wildman–Crippen MR) is 247 cm³/mol. The minimum absolute atomic E-state index is 0.0713. The number of hydrogen-bond donors (Lipinski definition) is 0. The standard InChI is InChI=1S/C57H36O2/c1-57(2)49-19-11-10-14-39(49)47-31-48-46-27-22-36-28-34(20-24-38(36)56(46)59-53(48)32-50(47)57)35-21-25-40-41-26-23-37(30-52(41)58-51(40)29-35)55-44-17-8-6-15-42(44)54(33-12-4-3-5-13-33)43-16-7-9-18-45(43)55/h3-32H,1-2H3. The van der Waals surface area contributed by atoms with E-state index in [0.29, 0.717) is 0 Å². The van der Waals surface area contributed by atoms with Gasteiger partial charge in [0.15, 0.2) is 0 Å². The lowest BCUT2D eigenvalue weighted by molar-refractivity contribution is 0.648. The van der Waals surface area contributed by atoms with E-state index in [9.17, 15) is 0 Å². The minimum atomic E-state index is -0.0713. The number of rotatable bonds is 3. The van der Waals surface area contributed by atoms with Crippen molar-refractivity contribution in [1.82, 2.24) is 0 Å². The summed E-state index contributed by atoms with van der Waals surface area (Å²) >= 11 is 0. The van der Waals surface area contributed by atoms with Crippen LogP contribution in [0.25, 0.3) is 121 Å². The van der Waals surface area contributed by atoms with Crippen molar-refractivity contribution < 1.29 is 8.83 Å². The molecule has 2 aromatic heterocycles. The first-order chi connectivity index (χ1) is 29.0. The lowest BCUT2D eigenvalue weighted by Gasteiger charge is -2.21. The second kappa shape index (κ2) is 11.8. The van der Waals surface area contributed by atoms with Gasteiger partial charge in [0, 0.05) is 32.3 Å². The molecule has 0 atom stereocenters. The second-order valence-corrected chi connectivity index (χ2v) is 16.8. The van der Waals surface area contributed by atoms with Crippen LogP contribution in [-0.4, -0.2) is 0 Å². The van der Waals surface area contributed by atoms with Gasteiger partial charge in [0.05, 0.1) is 0 Å². The monoisotopic (exact) mass is 752 g/mol. The van der Waals surface area contributed by atoms with Gasteiger partial charge >= 0.3 is 0 Å². The molecule has 2 heteroatoms. The molecule has 2 heterocycles. The Bertz CT molecular complexity index is 3690. The summed E-state index contributed by atoms with van der Waals surface area (Å²) in [7, 11) is 0. The van der Waals surface area contributed by atoms with Gasteiger partial charge in [-0.15, -0.1) is 0 Å². The maximum atomic E-state index is 6.73. The molecule has 12 aromatic rings. The first kappa shape index (κ1) is 32.6. The highest BCUT2D eigenvalue weighted by molar-refractivity contribution is 6.22. The van der Waals surface area contributed by atoms with Crippen LogP contribution < -0.4 is 0 Å². The summed E-state index contributed by atoms with van der Waals surface area (Å²) < 4.78 is 13.4. The molecule has 276 valence electrons. The Balaban J connectivity index is 0.910. The van der Waals surface area contributed by atoms with Crippen LogP contribution in [0.3, 0.4) is 0 Å². The molecule has 59 heavy (non-hydrogen) atoms. The molecule has 0 radical (unpaired) electrons. The maximum absolute atomic E-state index is 6.73. The third-order valence-corrected chi connectivity index (χ3v) is 13.2. The molecule has 13 rings (SSSR count). The molecule has 2 nitrogen and oxygen atoms in total. The average Bonchev–Trinajstić information content (AvgIpc) is 3.91. The van der Waals surface area contributed by atoms with Crippen LogP contribution in [0.1, 0.15) is 25.0 Å². The quantitative estimate of drug-likeness (QED) is 0.168. The fraction of sp³-hybridized carbons (Fsp3) is 0.0526. The molecule has 0 fully saturated rings. The van der Waals surface area contributed by atoms with Crippen LogP contribution in [0.15, 0.2) is 191 Å². The zero-order valence-corrected chi connectivity index (χ0v) is 32.6. The topological polar surface area (TPSA) is 26.3 Å². The molecule has 1 aliphatic carbocycles. The SMILES string of the molecule is CC1(C)c2ccccc2-c2cc3c(cc21)oc1c2ccc(-c4ccc5c(c4)oc4cc(-c6c7ccccc7c(-c7ccccc7)c7ccccc67)ccc45)cc2ccc31. The van der Waals surface area contributed by atoms with E-state index in [0.717, 1.165) is 66.0 Å². The molecule has 0 bridgehead atoms. The van der Waals surface area contributed by atoms with E-state index in [-0.39, 0.29) is 5.41 Å². The van der Waals surface area contributed by atoms with Crippen molar-refractivity contribution in [2.45, 2.75) is 19.3 Å². The molecule has 0 amide bonds. The zero-order chi connectivity index (χ0) is 39.0. The van der Waals surface area contributed by atoms with Crippen molar-refractivity contribution in [2.75, 3.05) is 0 Å². The van der Waals surface area contributed by atoms with Crippen molar-refractivity contribution in [1.29, 1.82) is 0 Å². The van der Waals surface area contributed by atoms with Gasteiger partial charge in [0.1, 0.15) is 22.3 Å². The lowest BCUT2D eigenvalue weighted by atomic mass is 9.82. The van der Waals surface area contributed by atoms with Crippen molar-refractivity contribution in [3.8, 4) is 44.5 Å². The van der Waals surface area contributed by atoms with E-state index >= 15 is 0 Å². The molecule has 0 spiro atoms. The maximum Gasteiger partial charge on any atom is 0.143 e. The Labute approximate surface area is 340 Å². The normalized spacial score (nSPS) is 13.4. The van der Waals surface area contributed by atoms with Crippen LogP contribution in [0.5, 0.6) is 0 Å². The lowest BCUT2D eigenvalue weighted by Crippen LogP contribution is -2.14. The van der Waals surface area contributed by atoms with Gasteiger partial charge < -0.3 is 8.83 Å². The summed E-state index contributed by atoms with van der Waals surface area (Å²) in [4.78, 5) is 0. The first-order valence-corrected chi connectivity index (χ1v) is 20.5. The van der Waals surface area contributed by atoms with Crippen LogP contribution in [-0.2, 0) is 5.41 Å². The summed E-state index contributed by atoms with van der Waals surface area (Å²) in [6.45, 7) is 4.64. The number of benzene rings is 10. The Kier molecular flexibility index (Phi) is 6.54. The summed E-state index contributed by atoms with van der Waals surface area (Å²) in [6, 6.07) is 66.3. The van der Waals surface area contributed by atoms with Crippen molar-refractivity contribution in [3.05, 3.63) is 193 Å². The van der Waals surface area contributed by atoms with Gasteiger partial charge in [-0.05, 0) is 137 Å². The Hall–Kier alpha value is -7.42. The average molecular weight is 753 g/mol. The van der Waals surface area contributed by atoms with Crippen molar-refractivity contribution >= 4 is 76.2 Å². The first-order valence-electron chi connectivity index (χ1n) is 20.5. The van der Waals surface area contributed by atoms with E-state index in [1.165, 1.54) is 65.9 Å². The van der Waals surface area contributed by atoms with Gasteiger partial charge in [-0.2, -0.15) is 0 Å². The number of furan rings is 2. The third-order valence-electron chi connectivity index (χ3n) is 13.2. The predicted octanol–water partition coefficient (Wildman–Crippen LogP) is 16.3. The van der Waals surface area contributed by atoms with E-state index in [1.54, 1.807) is 0 Å². The Morgan fingerprint density at radius 3 is 1.58 bits per heavy atom. The highest BCUT2D eigenvalue weighted by Crippen LogP contribution is 2.51. The van der Waals surface area contributed by atoms with E-state index in [1.807, 2.05) is 0 Å². The Morgan fingerprint density at radius 2 is 0.864 bits per heavy atom. The number of fused-ring (bicyclic) bond motifs is 13. The van der Waals surface area contributed by atoms with Gasteiger partial charge in [-0.1, -0.05) is 141 Å². The second-order valence-electron chi connectivity index (χ2n) is 16.8. The van der Waals surface area contributed by atoms with Crippen LogP contribution >= 0.6 is 0 Å². The van der Waals surface area contributed by atoms with Crippen LogP contribution in [0.4, 0.5) is 0 Å². The highest BCUT2D eigenvalue weighted by Gasteiger charge is 2.36. The minimum Gasteiger partial charge on any atom is -0.456 e. The summed E-state index contributed by atoms with van der Waals surface area (Å²) in [5.74, 6) is 0. The fourth-order valence-corrected chi connectivity index (χ4v) is 10.4. The number of hydrogen-bond acceptors (Lipinski definition) is 2. The van der Waals surface area contributed by atoms with E-state index in [2.05, 4.69) is 196 Å². The largest absolute Gasteiger partial charge is 0.456 e. The smallest absolute Gasteiger partial charge is 0.143 e. The third kappa shape index (κ3) is 4.57. The molecule has 0 aliphatic heterocycles. The Morgan fingerprint density at radius 1 is 0.322 bits per heavy atom. The fourth-order valence-electron chi connectivity index (χ4n) is 10.4. The molecular weight excluding hydrogens is 717 g/mol. The summed E-state index contributed by atoms with van der Waals surface area (Å²) in [5.41, 5.74) is 16.1. The molecule has 0 saturated heterocycles. The van der Waals surface area contributed by atoms with Crippen LogP contribution in [0, 0.1) is 0 Å². The van der Waals surface area contributed by atoms with Gasteiger partial charge in [0.25, 0.3) is 0 Å². The van der Waals surface area contributed by atoms with Gasteiger partial charge in [-0.25, -0.2) is 0 Å². The highest BCUT2D eigenvalue weighted by atomic mass is 16.3. The molecule has 0 unspecified atom stereocenters. The molecular formula is C57H36O2. The molecule has 0 saturated carbocycles. The van der Waals surface area contributed by atoms with Gasteiger partial charge in [-0.3, -0.25) is 0 Å². The van der Waals surface area contributed by atoms with Crippen molar-refractivity contribution in [2.24, 2.45) is 0 Å². The van der Waals surface area contributed by atoms with Gasteiger partial charge in [0.2, 0.25) is 0 Å². The summed E-state index contributed by atoms with van der Waals surface area (Å²) in [6.07, 6.45) is 0. The molecule has 10 aromatic carbocycles. The van der Waals surface area contributed by atoms with E-state index in [4.69, 9.17) is 8.83 Å². The zero-order valence-electron chi connectivity index (χ0n) is 32.6. The summed E-state index contributed by atoms with van der Waals surface area (Å²) in [5, 5.41) is 11.8.